The quantitative estimate of drug-likeness (QED) is 0.676. The third-order valence-corrected chi connectivity index (χ3v) is 4.54. The van der Waals surface area contributed by atoms with Crippen molar-refractivity contribution in [3.8, 4) is 11.5 Å². The fourth-order valence-corrected chi connectivity index (χ4v) is 3.07. The Bertz CT molecular complexity index is 959. The summed E-state index contributed by atoms with van der Waals surface area (Å²) in [7, 11) is 0. The molecule has 0 amide bonds. The average molecular weight is 362 g/mol. The third-order valence-electron chi connectivity index (χ3n) is 4.54. The van der Waals surface area contributed by atoms with Crippen LogP contribution >= 0.6 is 0 Å². The molecule has 0 saturated carbocycles. The van der Waals surface area contributed by atoms with Gasteiger partial charge in [0.05, 0.1) is 0 Å². The van der Waals surface area contributed by atoms with Gasteiger partial charge in [-0.05, 0) is 48.2 Å². The molecule has 2 N–H and O–H groups in total. The molecule has 1 aliphatic heterocycles. The van der Waals surface area contributed by atoms with Gasteiger partial charge in [0.15, 0.2) is 11.5 Å². The largest absolute Gasteiger partial charge is 0.454 e. The second kappa shape index (κ2) is 7.53. The first kappa shape index (κ1) is 17.1. The maximum Gasteiger partial charge on any atom is 0.231 e. The van der Waals surface area contributed by atoms with E-state index in [1.54, 1.807) is 6.20 Å². The van der Waals surface area contributed by atoms with Crippen molar-refractivity contribution in [2.75, 3.05) is 17.4 Å². The van der Waals surface area contributed by atoms with E-state index in [9.17, 15) is 0 Å². The standard InChI is InChI=1S/C21H22N4O2/c1-3-16-6-4-5-14(2)20(16)25-21-22-10-9-19(24-21)23-12-15-7-8-17-18(11-15)27-13-26-17/h4-11H,3,12-13H2,1-2H3,(H2,22,23,24,25). The van der Waals surface area contributed by atoms with E-state index in [0.29, 0.717) is 12.5 Å². The van der Waals surface area contributed by atoms with Crippen molar-refractivity contribution in [1.29, 1.82) is 0 Å². The van der Waals surface area contributed by atoms with Crippen molar-refractivity contribution in [3.63, 3.8) is 0 Å². The van der Waals surface area contributed by atoms with Gasteiger partial charge < -0.3 is 20.1 Å². The van der Waals surface area contributed by atoms with Crippen LogP contribution in [0, 0.1) is 6.92 Å². The Balaban J connectivity index is 1.47. The van der Waals surface area contributed by atoms with Crippen molar-refractivity contribution in [2.24, 2.45) is 0 Å². The first-order valence-corrected chi connectivity index (χ1v) is 9.04. The lowest BCUT2D eigenvalue weighted by Crippen LogP contribution is -2.05. The Kier molecular flexibility index (Phi) is 4.78. The molecule has 138 valence electrons. The molecule has 27 heavy (non-hydrogen) atoms. The van der Waals surface area contributed by atoms with E-state index < -0.39 is 0 Å². The zero-order chi connectivity index (χ0) is 18.6. The molecule has 0 spiro atoms. The number of aryl methyl sites for hydroxylation is 2. The molecular formula is C21H22N4O2. The molecule has 0 bridgehead atoms. The predicted molar refractivity (Wildman–Crippen MR) is 106 cm³/mol. The zero-order valence-corrected chi connectivity index (χ0v) is 15.5. The van der Waals surface area contributed by atoms with Crippen LogP contribution in [0.5, 0.6) is 11.5 Å². The monoisotopic (exact) mass is 362 g/mol. The van der Waals surface area contributed by atoms with Crippen LogP contribution in [0.4, 0.5) is 17.5 Å². The van der Waals surface area contributed by atoms with E-state index in [1.807, 2.05) is 24.3 Å². The maximum atomic E-state index is 5.42. The number of aromatic nitrogens is 2. The normalized spacial score (nSPS) is 12.1. The Morgan fingerprint density at radius 3 is 2.85 bits per heavy atom. The van der Waals surface area contributed by atoms with Crippen LogP contribution in [-0.4, -0.2) is 16.8 Å². The molecule has 1 aromatic heterocycles. The number of benzene rings is 2. The zero-order valence-electron chi connectivity index (χ0n) is 15.5. The highest BCUT2D eigenvalue weighted by Crippen LogP contribution is 2.32. The summed E-state index contributed by atoms with van der Waals surface area (Å²) in [6, 6.07) is 14.1. The topological polar surface area (TPSA) is 68.3 Å². The van der Waals surface area contributed by atoms with Crippen molar-refractivity contribution in [1.82, 2.24) is 9.97 Å². The first-order valence-electron chi connectivity index (χ1n) is 9.04. The SMILES string of the molecule is CCc1cccc(C)c1Nc1nccc(NCc2ccc3c(c2)OCO3)n1. The van der Waals surface area contributed by atoms with Crippen molar-refractivity contribution in [2.45, 2.75) is 26.8 Å². The number of nitrogens with zero attached hydrogens (tertiary/aromatic N) is 2. The van der Waals surface area contributed by atoms with Gasteiger partial charge in [-0.1, -0.05) is 31.2 Å². The molecule has 3 aromatic rings. The Morgan fingerprint density at radius 1 is 1.07 bits per heavy atom. The van der Waals surface area contributed by atoms with Gasteiger partial charge in [0.25, 0.3) is 0 Å². The molecule has 0 atom stereocenters. The minimum Gasteiger partial charge on any atom is -0.454 e. The molecule has 0 radical (unpaired) electrons. The minimum absolute atomic E-state index is 0.284. The second-order valence-corrected chi connectivity index (χ2v) is 6.39. The van der Waals surface area contributed by atoms with Crippen LogP contribution in [0.1, 0.15) is 23.6 Å². The van der Waals surface area contributed by atoms with Crippen LogP contribution in [0.3, 0.4) is 0 Å². The van der Waals surface area contributed by atoms with Gasteiger partial charge in [0.2, 0.25) is 12.7 Å². The molecule has 4 rings (SSSR count). The number of para-hydroxylation sites is 1. The molecular weight excluding hydrogens is 340 g/mol. The highest BCUT2D eigenvalue weighted by Gasteiger charge is 2.13. The van der Waals surface area contributed by atoms with Gasteiger partial charge in [0.1, 0.15) is 5.82 Å². The highest BCUT2D eigenvalue weighted by molar-refractivity contribution is 5.63. The van der Waals surface area contributed by atoms with Crippen LogP contribution in [-0.2, 0) is 13.0 Å². The summed E-state index contributed by atoms with van der Waals surface area (Å²) >= 11 is 0. The first-order chi connectivity index (χ1) is 13.2. The smallest absolute Gasteiger partial charge is 0.231 e. The number of rotatable bonds is 6. The molecule has 2 heterocycles. The van der Waals surface area contributed by atoms with Crippen LogP contribution in [0.25, 0.3) is 0 Å². The molecule has 1 aliphatic rings. The molecule has 6 nitrogen and oxygen atoms in total. The molecule has 0 aliphatic carbocycles. The van der Waals surface area contributed by atoms with E-state index in [1.165, 1.54) is 11.1 Å². The van der Waals surface area contributed by atoms with E-state index in [2.05, 4.69) is 52.6 Å². The van der Waals surface area contributed by atoms with Gasteiger partial charge in [-0.3, -0.25) is 0 Å². The number of hydrogen-bond acceptors (Lipinski definition) is 6. The van der Waals surface area contributed by atoms with Crippen molar-refractivity contribution < 1.29 is 9.47 Å². The summed E-state index contributed by atoms with van der Waals surface area (Å²) in [5.74, 6) is 2.91. The maximum absolute atomic E-state index is 5.42. The van der Waals surface area contributed by atoms with E-state index >= 15 is 0 Å². The lowest BCUT2D eigenvalue weighted by Gasteiger charge is -2.13. The third kappa shape index (κ3) is 3.79. The number of nitrogens with one attached hydrogen (secondary N) is 2. The summed E-state index contributed by atoms with van der Waals surface area (Å²) in [4.78, 5) is 8.94. The lowest BCUT2D eigenvalue weighted by molar-refractivity contribution is 0.174. The molecule has 0 fully saturated rings. The van der Waals surface area contributed by atoms with Gasteiger partial charge in [-0.15, -0.1) is 0 Å². The Labute approximate surface area is 158 Å². The Hall–Kier alpha value is -3.28. The second-order valence-electron chi connectivity index (χ2n) is 6.39. The minimum atomic E-state index is 0.284. The fourth-order valence-electron chi connectivity index (χ4n) is 3.07. The highest BCUT2D eigenvalue weighted by atomic mass is 16.7. The van der Waals surface area contributed by atoms with E-state index in [-0.39, 0.29) is 6.79 Å². The summed E-state index contributed by atoms with van der Waals surface area (Å²) in [6.07, 6.45) is 2.70. The van der Waals surface area contributed by atoms with Crippen molar-refractivity contribution in [3.05, 3.63) is 65.4 Å². The van der Waals surface area contributed by atoms with Crippen LogP contribution < -0.4 is 20.1 Å². The summed E-state index contributed by atoms with van der Waals surface area (Å²) in [5, 5.41) is 6.70. The van der Waals surface area contributed by atoms with Crippen LogP contribution in [0.2, 0.25) is 0 Å². The van der Waals surface area contributed by atoms with Gasteiger partial charge >= 0.3 is 0 Å². The molecule has 0 saturated heterocycles. The molecule has 0 unspecified atom stereocenters. The van der Waals surface area contributed by atoms with E-state index in [0.717, 1.165) is 35.0 Å². The number of anilines is 3. The summed E-state index contributed by atoms with van der Waals surface area (Å²) < 4.78 is 10.8. The Morgan fingerprint density at radius 2 is 1.96 bits per heavy atom. The lowest BCUT2D eigenvalue weighted by atomic mass is 10.1. The van der Waals surface area contributed by atoms with Crippen LogP contribution in [0.15, 0.2) is 48.7 Å². The van der Waals surface area contributed by atoms with Gasteiger partial charge in [-0.25, -0.2) is 4.98 Å². The number of ether oxygens (including phenoxy) is 2. The molecule has 2 aromatic carbocycles. The predicted octanol–water partition coefficient (Wildman–Crippen LogP) is 4.43. The number of fused-ring (bicyclic) bond motifs is 1. The average Bonchev–Trinajstić information content (AvgIpc) is 3.16. The fraction of sp³-hybridized carbons (Fsp3) is 0.238. The van der Waals surface area contributed by atoms with Crippen molar-refractivity contribution >= 4 is 17.5 Å². The number of hydrogen-bond donors (Lipinski definition) is 2. The summed E-state index contributed by atoms with van der Waals surface area (Å²) in [6.45, 7) is 5.15. The van der Waals surface area contributed by atoms with Gasteiger partial charge in [0, 0.05) is 18.4 Å². The summed E-state index contributed by atoms with van der Waals surface area (Å²) in [5.41, 5.74) is 4.60. The molecule has 6 heteroatoms. The van der Waals surface area contributed by atoms with Gasteiger partial charge in [-0.2, -0.15) is 4.98 Å². The van der Waals surface area contributed by atoms with E-state index in [4.69, 9.17) is 9.47 Å².